The Balaban J connectivity index is 1.35. The van der Waals surface area contributed by atoms with Crippen LogP contribution in [0.4, 0.5) is 10.2 Å². The van der Waals surface area contributed by atoms with E-state index in [9.17, 15) is 9.18 Å². The van der Waals surface area contributed by atoms with Gasteiger partial charge in [0.15, 0.2) is 5.82 Å². The quantitative estimate of drug-likeness (QED) is 0.695. The van der Waals surface area contributed by atoms with E-state index in [4.69, 9.17) is 0 Å². The summed E-state index contributed by atoms with van der Waals surface area (Å²) >= 11 is 0. The van der Waals surface area contributed by atoms with Crippen LogP contribution in [0.25, 0.3) is 11.4 Å². The fraction of sp³-hybridized carbons (Fsp3) is 0.292. The number of piperidine rings is 1. The lowest BCUT2D eigenvalue weighted by atomic mass is 9.95. The molecule has 0 aliphatic carbocycles. The van der Waals surface area contributed by atoms with Crippen LogP contribution in [0.5, 0.6) is 0 Å². The summed E-state index contributed by atoms with van der Waals surface area (Å²) < 4.78 is 13.5. The number of hydrogen-bond donors (Lipinski definition) is 1. The van der Waals surface area contributed by atoms with Gasteiger partial charge in [0, 0.05) is 37.3 Å². The van der Waals surface area contributed by atoms with Gasteiger partial charge >= 0.3 is 0 Å². The van der Waals surface area contributed by atoms with Crippen molar-refractivity contribution >= 4 is 11.7 Å². The van der Waals surface area contributed by atoms with Crippen LogP contribution in [0.2, 0.25) is 0 Å². The van der Waals surface area contributed by atoms with E-state index in [-0.39, 0.29) is 17.6 Å². The van der Waals surface area contributed by atoms with Crippen LogP contribution >= 0.6 is 0 Å². The molecule has 2 heterocycles. The number of aromatic nitrogens is 2. The number of carbonyl (C=O) groups is 1. The van der Waals surface area contributed by atoms with E-state index in [2.05, 4.69) is 33.2 Å². The zero-order valence-corrected chi connectivity index (χ0v) is 17.0. The zero-order chi connectivity index (χ0) is 20.9. The van der Waals surface area contributed by atoms with Gasteiger partial charge < -0.3 is 10.2 Å². The summed E-state index contributed by atoms with van der Waals surface area (Å²) in [6.07, 6.45) is 3.25. The van der Waals surface area contributed by atoms with Crippen molar-refractivity contribution in [3.05, 3.63) is 77.7 Å². The van der Waals surface area contributed by atoms with E-state index in [1.807, 2.05) is 24.3 Å². The number of hydrogen-bond acceptors (Lipinski definition) is 4. The lowest BCUT2D eigenvalue weighted by Crippen LogP contribution is -2.40. The average Bonchev–Trinajstić information content (AvgIpc) is 2.78. The molecule has 1 N–H and O–H groups in total. The summed E-state index contributed by atoms with van der Waals surface area (Å²) in [5, 5.41) is 3.08. The molecule has 154 valence electrons. The minimum atomic E-state index is -0.306. The highest BCUT2D eigenvalue weighted by Crippen LogP contribution is 2.24. The molecule has 0 unspecified atom stereocenters. The molecule has 0 spiro atoms. The first-order valence-electron chi connectivity index (χ1n) is 10.3. The minimum absolute atomic E-state index is 0.00907. The van der Waals surface area contributed by atoms with E-state index >= 15 is 0 Å². The summed E-state index contributed by atoms with van der Waals surface area (Å²) in [6.45, 7) is 4.12. The van der Waals surface area contributed by atoms with Gasteiger partial charge in [0.1, 0.15) is 11.6 Å². The monoisotopic (exact) mass is 404 g/mol. The van der Waals surface area contributed by atoms with Crippen LogP contribution in [0.15, 0.2) is 60.8 Å². The normalized spacial score (nSPS) is 14.5. The van der Waals surface area contributed by atoms with E-state index < -0.39 is 0 Å². The van der Waals surface area contributed by atoms with E-state index in [1.165, 1.54) is 17.7 Å². The number of nitrogens with zero attached hydrogens (tertiary/aromatic N) is 3. The molecule has 0 atom stereocenters. The molecule has 1 aromatic heterocycles. The van der Waals surface area contributed by atoms with Crippen LogP contribution in [-0.4, -0.2) is 29.0 Å². The Morgan fingerprint density at radius 1 is 1.13 bits per heavy atom. The third-order valence-corrected chi connectivity index (χ3v) is 5.63. The lowest BCUT2D eigenvalue weighted by molar-refractivity contribution is -0.125. The Kier molecular flexibility index (Phi) is 6.02. The fourth-order valence-electron chi connectivity index (χ4n) is 3.80. The Hall–Kier alpha value is -3.28. The van der Waals surface area contributed by atoms with Gasteiger partial charge in [0.25, 0.3) is 0 Å². The van der Waals surface area contributed by atoms with Crippen molar-refractivity contribution in [3.8, 4) is 11.4 Å². The van der Waals surface area contributed by atoms with E-state index in [0.29, 0.717) is 17.9 Å². The molecular formula is C24H25FN4O. The highest BCUT2D eigenvalue weighted by molar-refractivity contribution is 5.79. The molecule has 1 amide bonds. The van der Waals surface area contributed by atoms with Crippen molar-refractivity contribution in [3.63, 3.8) is 0 Å². The van der Waals surface area contributed by atoms with Gasteiger partial charge in [-0.2, -0.15) is 0 Å². The van der Waals surface area contributed by atoms with Gasteiger partial charge in [0.2, 0.25) is 5.91 Å². The molecule has 30 heavy (non-hydrogen) atoms. The third-order valence-electron chi connectivity index (χ3n) is 5.63. The maximum Gasteiger partial charge on any atom is 0.223 e. The van der Waals surface area contributed by atoms with Crippen LogP contribution in [0.3, 0.4) is 0 Å². The largest absolute Gasteiger partial charge is 0.356 e. The Bertz CT molecular complexity index is 1030. The van der Waals surface area contributed by atoms with Crippen molar-refractivity contribution in [1.29, 1.82) is 0 Å². The van der Waals surface area contributed by atoms with Crippen LogP contribution in [-0.2, 0) is 11.3 Å². The highest BCUT2D eigenvalue weighted by atomic mass is 19.1. The second-order valence-electron chi connectivity index (χ2n) is 7.65. The van der Waals surface area contributed by atoms with Gasteiger partial charge in [-0.3, -0.25) is 4.79 Å². The third kappa shape index (κ3) is 4.64. The van der Waals surface area contributed by atoms with Gasteiger partial charge in [0.05, 0.1) is 0 Å². The molecule has 0 radical (unpaired) electrons. The molecule has 0 bridgehead atoms. The number of carbonyl (C=O) groups excluding carboxylic acids is 1. The maximum absolute atomic E-state index is 13.5. The topological polar surface area (TPSA) is 58.1 Å². The van der Waals surface area contributed by atoms with Crippen molar-refractivity contribution in [2.75, 3.05) is 18.0 Å². The summed E-state index contributed by atoms with van der Waals surface area (Å²) in [5.74, 6) is 1.13. The number of halogens is 1. The number of benzene rings is 2. The van der Waals surface area contributed by atoms with Crippen molar-refractivity contribution in [2.45, 2.75) is 26.3 Å². The van der Waals surface area contributed by atoms with Crippen LogP contribution in [0, 0.1) is 18.7 Å². The predicted octanol–water partition coefficient (Wildman–Crippen LogP) is 4.12. The second kappa shape index (κ2) is 9.03. The van der Waals surface area contributed by atoms with E-state index in [1.54, 1.807) is 18.3 Å². The Morgan fingerprint density at radius 3 is 2.70 bits per heavy atom. The first-order chi connectivity index (χ1) is 14.6. The molecular weight excluding hydrogens is 379 g/mol. The first kappa shape index (κ1) is 20.0. The van der Waals surface area contributed by atoms with E-state index in [0.717, 1.165) is 37.3 Å². The second-order valence-corrected chi connectivity index (χ2v) is 7.65. The highest BCUT2D eigenvalue weighted by Gasteiger charge is 2.25. The zero-order valence-electron chi connectivity index (χ0n) is 17.0. The molecule has 1 saturated heterocycles. The SMILES string of the molecule is Cc1ccccc1CNC(=O)C1CCN(c2ccnc(-c3cccc(F)c3)n2)CC1. The van der Waals surface area contributed by atoms with Gasteiger partial charge in [-0.1, -0.05) is 36.4 Å². The standard InChI is InChI=1S/C24H25FN4O/c1-17-5-2-3-6-20(17)16-27-24(30)18-10-13-29(14-11-18)22-9-12-26-23(28-22)19-7-4-8-21(25)15-19/h2-9,12,15,18H,10-11,13-14,16H2,1H3,(H,27,30). The fourth-order valence-corrected chi connectivity index (χ4v) is 3.80. The van der Waals surface area contributed by atoms with Gasteiger partial charge in [-0.25, -0.2) is 14.4 Å². The van der Waals surface area contributed by atoms with Crippen LogP contribution in [0.1, 0.15) is 24.0 Å². The smallest absolute Gasteiger partial charge is 0.223 e. The maximum atomic E-state index is 13.5. The number of nitrogens with one attached hydrogen (secondary N) is 1. The van der Waals surface area contributed by atoms with Crippen molar-refractivity contribution in [2.24, 2.45) is 5.92 Å². The molecule has 6 heteroatoms. The molecule has 3 aromatic rings. The average molecular weight is 404 g/mol. The summed E-state index contributed by atoms with van der Waals surface area (Å²) in [5.41, 5.74) is 2.99. The molecule has 5 nitrogen and oxygen atoms in total. The number of amides is 1. The summed E-state index contributed by atoms with van der Waals surface area (Å²) in [7, 11) is 0. The molecule has 1 aliphatic rings. The Labute approximate surface area is 176 Å². The number of rotatable bonds is 5. The summed E-state index contributed by atoms with van der Waals surface area (Å²) in [4.78, 5) is 23.7. The lowest BCUT2D eigenvalue weighted by Gasteiger charge is -2.32. The molecule has 1 aliphatic heterocycles. The number of anilines is 1. The van der Waals surface area contributed by atoms with Gasteiger partial charge in [-0.15, -0.1) is 0 Å². The minimum Gasteiger partial charge on any atom is -0.356 e. The molecule has 2 aromatic carbocycles. The first-order valence-corrected chi connectivity index (χ1v) is 10.3. The Morgan fingerprint density at radius 2 is 1.93 bits per heavy atom. The summed E-state index contributed by atoms with van der Waals surface area (Å²) in [6, 6.07) is 16.3. The number of aryl methyl sites for hydroxylation is 1. The van der Waals surface area contributed by atoms with Gasteiger partial charge in [-0.05, 0) is 49.1 Å². The van der Waals surface area contributed by atoms with Crippen LogP contribution < -0.4 is 10.2 Å². The molecule has 1 fully saturated rings. The molecule has 4 rings (SSSR count). The predicted molar refractivity (Wildman–Crippen MR) is 115 cm³/mol. The van der Waals surface area contributed by atoms with Crippen molar-refractivity contribution < 1.29 is 9.18 Å². The van der Waals surface area contributed by atoms with Crippen molar-refractivity contribution in [1.82, 2.24) is 15.3 Å². The molecule has 0 saturated carbocycles.